The lowest BCUT2D eigenvalue weighted by molar-refractivity contribution is 0.244. The third kappa shape index (κ3) is 3.06. The molecule has 1 N–H and O–H groups in total. The van der Waals surface area contributed by atoms with Gasteiger partial charge in [0.05, 0.1) is 0 Å². The van der Waals surface area contributed by atoms with E-state index >= 15 is 0 Å². The fourth-order valence-electron chi connectivity index (χ4n) is 2.36. The third-order valence-corrected chi connectivity index (χ3v) is 3.41. The van der Waals surface area contributed by atoms with Crippen molar-refractivity contribution in [2.45, 2.75) is 19.8 Å². The molecule has 1 aromatic rings. The van der Waals surface area contributed by atoms with Crippen LogP contribution in [0.4, 0.5) is 0 Å². The van der Waals surface area contributed by atoms with Gasteiger partial charge in [0.2, 0.25) is 0 Å². The number of aryl methyl sites for hydroxylation is 1. The summed E-state index contributed by atoms with van der Waals surface area (Å²) in [7, 11) is 0. The minimum absolute atomic E-state index is 1.15. The molecule has 16 heavy (non-hydrogen) atoms. The Hall–Kier alpha value is -0.860. The fourth-order valence-corrected chi connectivity index (χ4v) is 2.36. The second-order valence-electron chi connectivity index (χ2n) is 4.46. The standard InChI is InChI=1S/C14H22N2/c1-2-13-5-3-4-6-14(13)7-10-16-11-8-15-9-12-16/h3-6,15H,2,7-12H2,1H3. The van der Waals surface area contributed by atoms with Crippen LogP contribution in [0.3, 0.4) is 0 Å². The van der Waals surface area contributed by atoms with Crippen molar-refractivity contribution in [1.82, 2.24) is 10.2 Å². The normalized spacial score (nSPS) is 17.6. The van der Waals surface area contributed by atoms with Gasteiger partial charge in [0, 0.05) is 32.7 Å². The van der Waals surface area contributed by atoms with Crippen molar-refractivity contribution in [3.8, 4) is 0 Å². The van der Waals surface area contributed by atoms with E-state index in [1.807, 2.05) is 0 Å². The summed E-state index contributed by atoms with van der Waals surface area (Å²) in [5, 5.41) is 3.39. The maximum atomic E-state index is 3.39. The van der Waals surface area contributed by atoms with Gasteiger partial charge in [-0.2, -0.15) is 0 Å². The first-order valence-corrected chi connectivity index (χ1v) is 6.40. The summed E-state index contributed by atoms with van der Waals surface area (Å²) in [6, 6.07) is 8.84. The van der Waals surface area contributed by atoms with E-state index in [2.05, 4.69) is 41.4 Å². The van der Waals surface area contributed by atoms with Crippen molar-refractivity contribution >= 4 is 0 Å². The summed E-state index contributed by atoms with van der Waals surface area (Å²) >= 11 is 0. The molecule has 0 unspecified atom stereocenters. The van der Waals surface area contributed by atoms with E-state index in [0.29, 0.717) is 0 Å². The monoisotopic (exact) mass is 218 g/mol. The number of hydrogen-bond acceptors (Lipinski definition) is 2. The van der Waals surface area contributed by atoms with Gasteiger partial charge >= 0.3 is 0 Å². The highest BCUT2D eigenvalue weighted by Gasteiger charge is 2.09. The van der Waals surface area contributed by atoms with Crippen molar-refractivity contribution in [1.29, 1.82) is 0 Å². The van der Waals surface area contributed by atoms with Crippen molar-refractivity contribution in [2.24, 2.45) is 0 Å². The first-order chi connectivity index (χ1) is 7.90. The zero-order valence-electron chi connectivity index (χ0n) is 10.2. The number of piperazine rings is 1. The fraction of sp³-hybridized carbons (Fsp3) is 0.571. The summed E-state index contributed by atoms with van der Waals surface area (Å²) in [5.74, 6) is 0. The molecule has 0 spiro atoms. The summed E-state index contributed by atoms with van der Waals surface area (Å²) in [5.41, 5.74) is 3.04. The summed E-state index contributed by atoms with van der Waals surface area (Å²) in [6.45, 7) is 8.15. The molecule has 2 nitrogen and oxygen atoms in total. The molecular weight excluding hydrogens is 196 g/mol. The molecule has 1 aromatic carbocycles. The smallest absolute Gasteiger partial charge is 0.0108 e. The Bertz CT molecular complexity index is 316. The van der Waals surface area contributed by atoms with Gasteiger partial charge < -0.3 is 10.2 Å². The lowest BCUT2D eigenvalue weighted by Crippen LogP contribution is -2.44. The summed E-state index contributed by atoms with van der Waals surface area (Å²) in [4.78, 5) is 2.56. The molecule has 0 bridgehead atoms. The molecule has 0 atom stereocenters. The van der Waals surface area contributed by atoms with Gasteiger partial charge in [-0.15, -0.1) is 0 Å². The van der Waals surface area contributed by atoms with Gasteiger partial charge in [-0.3, -0.25) is 0 Å². The van der Waals surface area contributed by atoms with E-state index < -0.39 is 0 Å². The highest BCUT2D eigenvalue weighted by atomic mass is 15.2. The van der Waals surface area contributed by atoms with Crippen LogP contribution in [-0.4, -0.2) is 37.6 Å². The van der Waals surface area contributed by atoms with Crippen molar-refractivity contribution in [3.05, 3.63) is 35.4 Å². The second kappa shape index (κ2) is 6.02. The van der Waals surface area contributed by atoms with E-state index in [-0.39, 0.29) is 0 Å². The van der Waals surface area contributed by atoms with Crippen LogP contribution in [0.25, 0.3) is 0 Å². The maximum Gasteiger partial charge on any atom is 0.0108 e. The van der Waals surface area contributed by atoms with Gasteiger partial charge in [-0.05, 0) is 24.0 Å². The van der Waals surface area contributed by atoms with Gasteiger partial charge in [0.25, 0.3) is 0 Å². The third-order valence-electron chi connectivity index (χ3n) is 3.41. The molecule has 1 fully saturated rings. The number of rotatable bonds is 4. The Morgan fingerprint density at radius 3 is 2.50 bits per heavy atom. The molecule has 88 valence electrons. The molecule has 0 amide bonds. The molecular formula is C14H22N2. The maximum absolute atomic E-state index is 3.39. The SMILES string of the molecule is CCc1ccccc1CCN1CCNCC1. The molecule has 0 aromatic heterocycles. The zero-order valence-corrected chi connectivity index (χ0v) is 10.2. The number of hydrogen-bond donors (Lipinski definition) is 1. The second-order valence-corrected chi connectivity index (χ2v) is 4.46. The van der Waals surface area contributed by atoms with Crippen LogP contribution in [-0.2, 0) is 12.8 Å². The van der Waals surface area contributed by atoms with Gasteiger partial charge in [0.1, 0.15) is 0 Å². The minimum atomic E-state index is 1.15. The van der Waals surface area contributed by atoms with E-state index in [1.54, 1.807) is 0 Å². The van der Waals surface area contributed by atoms with Crippen LogP contribution in [0.5, 0.6) is 0 Å². The van der Waals surface area contributed by atoms with Crippen molar-refractivity contribution < 1.29 is 0 Å². The minimum Gasteiger partial charge on any atom is -0.314 e. The Morgan fingerprint density at radius 1 is 1.12 bits per heavy atom. The molecule has 1 aliphatic rings. The topological polar surface area (TPSA) is 15.3 Å². The first kappa shape index (κ1) is 11.6. The van der Waals surface area contributed by atoms with Gasteiger partial charge in [-0.25, -0.2) is 0 Å². The lowest BCUT2D eigenvalue weighted by atomic mass is 10.0. The average molecular weight is 218 g/mol. The predicted octanol–water partition coefficient (Wildman–Crippen LogP) is 1.70. The van der Waals surface area contributed by atoms with E-state index in [9.17, 15) is 0 Å². The van der Waals surface area contributed by atoms with Crippen molar-refractivity contribution in [3.63, 3.8) is 0 Å². The van der Waals surface area contributed by atoms with Crippen LogP contribution in [0, 0.1) is 0 Å². The van der Waals surface area contributed by atoms with E-state index in [0.717, 1.165) is 19.5 Å². The lowest BCUT2D eigenvalue weighted by Gasteiger charge is -2.27. The van der Waals surface area contributed by atoms with Crippen LogP contribution in [0.15, 0.2) is 24.3 Å². The predicted molar refractivity (Wildman–Crippen MR) is 68.8 cm³/mol. The Morgan fingerprint density at radius 2 is 1.81 bits per heavy atom. The van der Waals surface area contributed by atoms with E-state index in [1.165, 1.54) is 37.2 Å². The molecule has 1 heterocycles. The van der Waals surface area contributed by atoms with Gasteiger partial charge in [0.15, 0.2) is 0 Å². The quantitative estimate of drug-likeness (QED) is 0.827. The van der Waals surface area contributed by atoms with Gasteiger partial charge in [-0.1, -0.05) is 31.2 Å². The number of nitrogens with zero attached hydrogens (tertiary/aromatic N) is 1. The summed E-state index contributed by atoms with van der Waals surface area (Å²) < 4.78 is 0. The number of nitrogens with one attached hydrogen (secondary N) is 1. The van der Waals surface area contributed by atoms with E-state index in [4.69, 9.17) is 0 Å². The highest BCUT2D eigenvalue weighted by Crippen LogP contribution is 2.10. The largest absolute Gasteiger partial charge is 0.314 e. The Balaban J connectivity index is 1.88. The molecule has 1 saturated heterocycles. The van der Waals surface area contributed by atoms with Crippen molar-refractivity contribution in [2.75, 3.05) is 32.7 Å². The van der Waals surface area contributed by atoms with Crippen LogP contribution in [0.1, 0.15) is 18.1 Å². The molecule has 2 heteroatoms. The van der Waals surface area contributed by atoms with Crippen LogP contribution >= 0.6 is 0 Å². The zero-order chi connectivity index (χ0) is 11.2. The molecule has 2 rings (SSSR count). The Labute approximate surface area is 98.7 Å². The first-order valence-electron chi connectivity index (χ1n) is 6.40. The highest BCUT2D eigenvalue weighted by molar-refractivity contribution is 5.27. The number of benzene rings is 1. The summed E-state index contributed by atoms with van der Waals surface area (Å²) in [6.07, 6.45) is 2.35. The molecule has 0 aliphatic carbocycles. The Kier molecular flexibility index (Phi) is 4.37. The van der Waals surface area contributed by atoms with Crippen LogP contribution in [0.2, 0.25) is 0 Å². The molecule has 0 saturated carbocycles. The molecule has 1 aliphatic heterocycles. The van der Waals surface area contributed by atoms with Crippen LogP contribution < -0.4 is 5.32 Å². The molecule has 0 radical (unpaired) electrons. The average Bonchev–Trinajstić information content (AvgIpc) is 2.38.